The number of carbonyl (C=O) groups is 2. The summed E-state index contributed by atoms with van der Waals surface area (Å²) in [6, 6.07) is 10.4. The summed E-state index contributed by atoms with van der Waals surface area (Å²) in [5.41, 5.74) is 2.49. The van der Waals surface area contributed by atoms with Crippen LogP contribution in [0.2, 0.25) is 0 Å². The molecule has 0 radical (unpaired) electrons. The molecule has 0 bridgehead atoms. The van der Waals surface area contributed by atoms with Crippen LogP contribution in [0.5, 0.6) is 0 Å². The Balaban J connectivity index is 1.95. The molecule has 188 valence electrons. The summed E-state index contributed by atoms with van der Waals surface area (Å²) in [5, 5.41) is 14.0. The van der Waals surface area contributed by atoms with Gasteiger partial charge in [-0.3, -0.25) is 9.59 Å². The fourth-order valence-corrected chi connectivity index (χ4v) is 4.56. The van der Waals surface area contributed by atoms with Gasteiger partial charge in [-0.15, -0.1) is 0 Å². The van der Waals surface area contributed by atoms with Crippen molar-refractivity contribution in [1.29, 1.82) is 0 Å². The standard InChI is InChI=1S/C30H38O4S/c1-29(2,3)16-8-6-9-17-30(4,28(32)33)18-10-7-13-25(27(31)34-5)21-23-12-11-14-24(20-23)26-15-19-35-22-26/h6,9,11-12,14-15,19-20,22,25H,7,10,13,17-18,21H2,1-5H3,(H,32,33)/b9-6+. The molecule has 5 heteroatoms. The van der Waals surface area contributed by atoms with Crippen molar-refractivity contribution >= 4 is 23.3 Å². The van der Waals surface area contributed by atoms with Crippen molar-refractivity contribution in [2.24, 2.45) is 16.7 Å². The maximum atomic E-state index is 12.5. The molecule has 0 spiro atoms. The third kappa shape index (κ3) is 9.74. The predicted molar refractivity (Wildman–Crippen MR) is 144 cm³/mol. The van der Waals surface area contributed by atoms with E-state index in [4.69, 9.17) is 4.74 Å². The summed E-state index contributed by atoms with van der Waals surface area (Å²) >= 11 is 1.66. The molecule has 0 aliphatic heterocycles. The van der Waals surface area contributed by atoms with Gasteiger partial charge in [0.05, 0.1) is 18.4 Å². The van der Waals surface area contributed by atoms with E-state index >= 15 is 0 Å². The largest absolute Gasteiger partial charge is 0.481 e. The van der Waals surface area contributed by atoms with Gasteiger partial charge in [-0.05, 0) is 93.0 Å². The number of benzene rings is 1. The zero-order valence-corrected chi connectivity index (χ0v) is 22.4. The first kappa shape index (κ1) is 28.4. The second kappa shape index (κ2) is 13.3. The summed E-state index contributed by atoms with van der Waals surface area (Å²) in [4.78, 5) is 24.4. The third-order valence-electron chi connectivity index (χ3n) is 6.06. The van der Waals surface area contributed by atoms with Crippen LogP contribution in [0.25, 0.3) is 11.1 Å². The lowest BCUT2D eigenvalue weighted by Crippen LogP contribution is -2.27. The quantitative estimate of drug-likeness (QED) is 0.190. The Morgan fingerprint density at radius 3 is 2.54 bits per heavy atom. The van der Waals surface area contributed by atoms with Crippen molar-refractivity contribution in [3.63, 3.8) is 0 Å². The van der Waals surface area contributed by atoms with Crippen molar-refractivity contribution in [2.75, 3.05) is 7.11 Å². The normalized spacial score (nSPS) is 14.1. The van der Waals surface area contributed by atoms with Crippen LogP contribution in [0.15, 0.2) is 53.2 Å². The molecule has 2 atom stereocenters. The van der Waals surface area contributed by atoms with Gasteiger partial charge in [-0.1, -0.05) is 55.0 Å². The zero-order chi connectivity index (χ0) is 25.9. The highest BCUT2D eigenvalue weighted by atomic mass is 32.1. The van der Waals surface area contributed by atoms with Gasteiger partial charge in [0.2, 0.25) is 0 Å². The molecule has 35 heavy (non-hydrogen) atoms. The smallest absolute Gasteiger partial charge is 0.309 e. The van der Waals surface area contributed by atoms with E-state index in [1.54, 1.807) is 24.3 Å². The van der Waals surface area contributed by atoms with Crippen LogP contribution >= 0.6 is 11.3 Å². The fourth-order valence-electron chi connectivity index (χ4n) is 3.90. The van der Waals surface area contributed by atoms with Gasteiger partial charge in [0.1, 0.15) is 0 Å². The number of aliphatic carboxylic acids is 1. The van der Waals surface area contributed by atoms with E-state index in [0.717, 1.165) is 24.0 Å². The second-order valence-corrected chi connectivity index (χ2v) is 11.2. The van der Waals surface area contributed by atoms with Crippen molar-refractivity contribution in [2.45, 2.75) is 66.2 Å². The second-order valence-electron chi connectivity index (χ2n) is 10.4. The van der Waals surface area contributed by atoms with Crippen LogP contribution in [0.3, 0.4) is 0 Å². The first-order chi connectivity index (χ1) is 16.5. The SMILES string of the molecule is COC(=O)C(CCCCC(C)(C/C=C/C#CC(C)(C)C)C(=O)O)Cc1cccc(-c2ccsc2)c1. The van der Waals surface area contributed by atoms with E-state index in [0.29, 0.717) is 25.7 Å². The average molecular weight is 495 g/mol. The van der Waals surface area contributed by atoms with Crippen LogP contribution in [0, 0.1) is 28.6 Å². The number of carboxylic acids is 1. The Morgan fingerprint density at radius 1 is 1.14 bits per heavy atom. The van der Waals surface area contributed by atoms with Gasteiger partial charge in [0, 0.05) is 5.41 Å². The van der Waals surface area contributed by atoms with E-state index in [1.807, 2.05) is 39.0 Å². The van der Waals surface area contributed by atoms with Crippen molar-refractivity contribution in [3.8, 4) is 23.0 Å². The highest BCUT2D eigenvalue weighted by Crippen LogP contribution is 2.31. The van der Waals surface area contributed by atoms with Crippen molar-refractivity contribution in [1.82, 2.24) is 0 Å². The molecule has 2 rings (SSSR count). The summed E-state index contributed by atoms with van der Waals surface area (Å²) in [5.74, 6) is 4.85. The Kier molecular flexibility index (Phi) is 10.8. The molecule has 0 amide bonds. The first-order valence-corrected chi connectivity index (χ1v) is 13.1. The Bertz CT molecular complexity index is 1050. The average Bonchev–Trinajstić information content (AvgIpc) is 3.35. The minimum Gasteiger partial charge on any atom is -0.481 e. The molecule has 1 heterocycles. The van der Waals surface area contributed by atoms with E-state index in [-0.39, 0.29) is 17.3 Å². The van der Waals surface area contributed by atoms with Gasteiger partial charge in [-0.25, -0.2) is 0 Å². The van der Waals surface area contributed by atoms with E-state index in [2.05, 4.69) is 40.8 Å². The summed E-state index contributed by atoms with van der Waals surface area (Å²) < 4.78 is 5.07. The molecule has 2 aromatic rings. The molecular weight excluding hydrogens is 456 g/mol. The topological polar surface area (TPSA) is 63.6 Å². The number of unbranched alkanes of at least 4 members (excludes halogenated alkanes) is 1. The summed E-state index contributed by atoms with van der Waals surface area (Å²) in [7, 11) is 1.42. The van der Waals surface area contributed by atoms with Gasteiger partial charge in [0.25, 0.3) is 0 Å². The molecule has 4 nitrogen and oxygen atoms in total. The van der Waals surface area contributed by atoms with Crippen LogP contribution < -0.4 is 0 Å². The van der Waals surface area contributed by atoms with Gasteiger partial charge < -0.3 is 9.84 Å². The first-order valence-electron chi connectivity index (χ1n) is 12.1. The van der Waals surface area contributed by atoms with Crippen LogP contribution in [0.4, 0.5) is 0 Å². The lowest BCUT2D eigenvalue weighted by molar-refractivity contribution is -0.148. The molecule has 0 aliphatic rings. The molecule has 2 unspecified atom stereocenters. The number of hydrogen-bond donors (Lipinski definition) is 1. The van der Waals surface area contributed by atoms with Crippen LogP contribution in [-0.4, -0.2) is 24.2 Å². The van der Waals surface area contributed by atoms with Gasteiger partial charge >= 0.3 is 11.9 Å². The maximum absolute atomic E-state index is 12.5. The number of rotatable bonds is 12. The number of hydrogen-bond acceptors (Lipinski definition) is 4. The lowest BCUT2D eigenvalue weighted by Gasteiger charge is -2.23. The molecule has 0 saturated carbocycles. The molecule has 0 saturated heterocycles. The summed E-state index contributed by atoms with van der Waals surface area (Å²) in [6.07, 6.45) is 7.34. The highest BCUT2D eigenvalue weighted by Gasteiger charge is 2.31. The minimum atomic E-state index is -0.852. The monoisotopic (exact) mass is 494 g/mol. The zero-order valence-electron chi connectivity index (χ0n) is 21.6. The number of allylic oxidation sites excluding steroid dienone is 2. The number of ether oxygens (including phenoxy) is 1. The molecular formula is C30H38O4S. The maximum Gasteiger partial charge on any atom is 0.309 e. The van der Waals surface area contributed by atoms with Crippen molar-refractivity contribution in [3.05, 3.63) is 58.8 Å². The van der Waals surface area contributed by atoms with Crippen molar-refractivity contribution < 1.29 is 19.4 Å². The molecule has 1 N–H and O–H groups in total. The van der Waals surface area contributed by atoms with E-state index < -0.39 is 11.4 Å². The highest BCUT2D eigenvalue weighted by molar-refractivity contribution is 7.08. The van der Waals surface area contributed by atoms with E-state index in [1.165, 1.54) is 12.7 Å². The number of carboxylic acid groups (broad SMARTS) is 1. The van der Waals surface area contributed by atoms with Crippen LogP contribution in [-0.2, 0) is 20.7 Å². The number of carbonyl (C=O) groups excluding carboxylic acids is 1. The van der Waals surface area contributed by atoms with Gasteiger partial charge in [-0.2, -0.15) is 11.3 Å². The lowest BCUT2D eigenvalue weighted by atomic mass is 9.81. The molecule has 0 fully saturated rings. The van der Waals surface area contributed by atoms with Crippen LogP contribution in [0.1, 0.15) is 65.4 Å². The summed E-state index contributed by atoms with van der Waals surface area (Å²) in [6.45, 7) is 7.90. The Hall–Kier alpha value is -2.84. The Labute approximate surface area is 214 Å². The fraction of sp³-hybridized carbons (Fsp3) is 0.467. The molecule has 1 aromatic carbocycles. The van der Waals surface area contributed by atoms with Gasteiger partial charge in [0.15, 0.2) is 0 Å². The third-order valence-corrected chi connectivity index (χ3v) is 6.75. The molecule has 1 aromatic heterocycles. The minimum absolute atomic E-state index is 0.0815. The number of methoxy groups -OCH3 is 1. The molecule has 0 aliphatic carbocycles. The number of thiophene rings is 1. The predicted octanol–water partition coefficient (Wildman–Crippen LogP) is 7.39. The Morgan fingerprint density at radius 2 is 1.91 bits per heavy atom. The number of esters is 1. The van der Waals surface area contributed by atoms with E-state index in [9.17, 15) is 14.7 Å².